The van der Waals surface area contributed by atoms with Crippen molar-refractivity contribution in [3.8, 4) is 5.75 Å². The summed E-state index contributed by atoms with van der Waals surface area (Å²) in [6.07, 6.45) is -0.112. The molecule has 0 spiro atoms. The van der Waals surface area contributed by atoms with Crippen LogP contribution in [0, 0.1) is 0 Å². The number of anilines is 1. The van der Waals surface area contributed by atoms with Crippen LogP contribution in [0.5, 0.6) is 5.75 Å². The highest BCUT2D eigenvalue weighted by atomic mass is 31.2. The molecule has 6 atom stereocenters. The molecule has 2 aromatic heterocycles. The minimum absolute atomic E-state index is 0.132. The van der Waals surface area contributed by atoms with Gasteiger partial charge in [-0.3, -0.25) is 18.1 Å². The monoisotopic (exact) mass is 743 g/mol. The summed E-state index contributed by atoms with van der Waals surface area (Å²) in [7, 11) is -3.31. The average molecular weight is 744 g/mol. The highest BCUT2D eigenvalue weighted by molar-refractivity contribution is 7.48. The maximum Gasteiger partial charge on any atom is 0.475 e. The Labute approximate surface area is 305 Å². The third-order valence-corrected chi connectivity index (χ3v) is 16.6. The fourth-order valence-electron chi connectivity index (χ4n) is 6.79. The van der Waals surface area contributed by atoms with E-state index in [0.717, 1.165) is 22.4 Å². The van der Waals surface area contributed by atoms with Crippen LogP contribution in [0.1, 0.15) is 50.6 Å². The van der Waals surface area contributed by atoms with Gasteiger partial charge >= 0.3 is 7.82 Å². The third-order valence-electron chi connectivity index (χ3n) is 10.6. The lowest BCUT2D eigenvalue weighted by Crippen LogP contribution is -2.51. The van der Waals surface area contributed by atoms with E-state index < -0.39 is 52.3 Å². The summed E-state index contributed by atoms with van der Waals surface area (Å²) in [6.45, 7) is 12.6. The molecule has 4 heterocycles. The van der Waals surface area contributed by atoms with E-state index in [1.807, 2.05) is 53.1 Å². The quantitative estimate of drug-likeness (QED) is 0.0847. The van der Waals surface area contributed by atoms with Crippen LogP contribution in [-0.2, 0) is 32.8 Å². The molecule has 1 N–H and O–H groups in total. The van der Waals surface area contributed by atoms with Gasteiger partial charge in [0.25, 0.3) is 0 Å². The van der Waals surface area contributed by atoms with Crippen molar-refractivity contribution in [3.05, 3.63) is 114 Å². The molecule has 3 aromatic carbocycles. The van der Waals surface area contributed by atoms with E-state index in [4.69, 9.17) is 42.4 Å². The van der Waals surface area contributed by atoms with Gasteiger partial charge in [0.05, 0.1) is 19.5 Å². The van der Waals surface area contributed by atoms with Crippen LogP contribution in [-0.4, -0.2) is 66.5 Å². The Hall–Kier alpha value is -3.94. The Balaban J connectivity index is 1.36. The molecule has 5 aromatic rings. The lowest BCUT2D eigenvalue weighted by molar-refractivity contribution is -0.101. The second kappa shape index (κ2) is 13.8. The standard InChI is InChI=1S/C38H46N5O7PSi/c1-25-31-32(49-51(44,46-6)48-25)33(50-52(7,8)37(2,3)4)36(47-31)43-24-41-30-34(39-23-40-35(30)43)42-38(26-15-11-9-12-16-26,27-17-13-10-14-18-27)28-19-21-29(45-5)22-20-28/h9-25,31-33,36H,1-8H3,(H,39,40,42)/t25-,31+,32+,33+,36+,51?/m0/s1. The van der Waals surface area contributed by atoms with E-state index >= 15 is 0 Å². The van der Waals surface area contributed by atoms with E-state index in [0.29, 0.717) is 17.0 Å². The molecule has 2 fully saturated rings. The van der Waals surface area contributed by atoms with Crippen molar-refractivity contribution in [2.75, 3.05) is 19.5 Å². The van der Waals surface area contributed by atoms with E-state index in [2.05, 4.69) is 75.6 Å². The predicted molar refractivity (Wildman–Crippen MR) is 201 cm³/mol. The maximum atomic E-state index is 13.4. The summed E-state index contributed by atoms with van der Waals surface area (Å²) in [5.74, 6) is 1.26. The van der Waals surface area contributed by atoms with Crippen molar-refractivity contribution >= 4 is 33.1 Å². The molecule has 0 aliphatic carbocycles. The van der Waals surface area contributed by atoms with Gasteiger partial charge in [0.2, 0.25) is 0 Å². The first kappa shape index (κ1) is 36.4. The second-order valence-electron chi connectivity index (χ2n) is 14.7. The lowest BCUT2D eigenvalue weighted by atomic mass is 9.77. The topological polar surface area (TPSA) is 128 Å². The normalized spacial score (nSPS) is 25.2. The molecule has 2 saturated heterocycles. The Morgan fingerprint density at radius 2 is 1.44 bits per heavy atom. The molecular formula is C38H46N5O7PSi. The van der Waals surface area contributed by atoms with Crippen LogP contribution < -0.4 is 10.1 Å². The number of hydrogen-bond acceptors (Lipinski definition) is 11. The predicted octanol–water partition coefficient (Wildman–Crippen LogP) is 8.09. The van der Waals surface area contributed by atoms with Crippen LogP contribution in [0.25, 0.3) is 11.2 Å². The Morgan fingerprint density at radius 3 is 2.02 bits per heavy atom. The molecule has 12 nitrogen and oxygen atoms in total. The van der Waals surface area contributed by atoms with Crippen molar-refractivity contribution in [2.45, 2.75) is 82.0 Å². The van der Waals surface area contributed by atoms with Gasteiger partial charge in [-0.05, 0) is 53.9 Å². The maximum absolute atomic E-state index is 13.4. The molecule has 0 radical (unpaired) electrons. The van der Waals surface area contributed by atoms with E-state index in [1.165, 1.54) is 13.4 Å². The summed E-state index contributed by atoms with van der Waals surface area (Å²) in [6, 6.07) is 28.5. The smallest absolute Gasteiger partial charge is 0.475 e. The van der Waals surface area contributed by atoms with Gasteiger partial charge in [-0.2, -0.15) is 0 Å². The summed E-state index contributed by atoms with van der Waals surface area (Å²) in [5, 5.41) is 3.71. The van der Waals surface area contributed by atoms with Gasteiger partial charge in [-0.15, -0.1) is 0 Å². The SMILES string of the molecule is COc1ccc(C(Nc2ncnc3c2ncn3[C@@H]2O[C@H]3[C@@H](OP(=O)(OC)O[C@H]3C)[C@H]2O[Si](C)(C)C(C)(C)C)(c2ccccc2)c2ccccc2)cc1. The fourth-order valence-corrected chi connectivity index (χ4v) is 9.37. The summed E-state index contributed by atoms with van der Waals surface area (Å²) in [5.41, 5.74) is 3.13. The Bertz CT molecular complexity index is 2020. The van der Waals surface area contributed by atoms with Gasteiger partial charge < -0.3 is 19.2 Å². The molecule has 0 amide bonds. The number of phosphoric ester groups is 1. The number of aromatic nitrogens is 4. The van der Waals surface area contributed by atoms with Gasteiger partial charge in [0.1, 0.15) is 35.9 Å². The number of ether oxygens (including phenoxy) is 2. The van der Waals surface area contributed by atoms with Crippen molar-refractivity contribution in [1.82, 2.24) is 19.5 Å². The molecule has 2 aliphatic heterocycles. The highest BCUT2D eigenvalue weighted by Crippen LogP contribution is 2.59. The fraction of sp³-hybridized carbons (Fsp3) is 0.395. The molecular weight excluding hydrogens is 698 g/mol. The van der Waals surface area contributed by atoms with E-state index in [1.54, 1.807) is 20.4 Å². The number of rotatable bonds is 10. The zero-order valence-electron chi connectivity index (χ0n) is 30.7. The van der Waals surface area contributed by atoms with Crippen molar-refractivity contribution in [3.63, 3.8) is 0 Å². The molecule has 274 valence electrons. The summed E-state index contributed by atoms with van der Waals surface area (Å²) >= 11 is 0. The van der Waals surface area contributed by atoms with Crippen molar-refractivity contribution in [2.24, 2.45) is 0 Å². The van der Waals surface area contributed by atoms with Gasteiger partial charge in [-0.25, -0.2) is 19.5 Å². The minimum atomic E-state index is -3.85. The molecule has 52 heavy (non-hydrogen) atoms. The average Bonchev–Trinajstić information content (AvgIpc) is 3.72. The molecule has 1 unspecified atom stereocenters. The number of nitrogens with one attached hydrogen (secondary N) is 1. The van der Waals surface area contributed by atoms with Gasteiger partial charge in [0, 0.05) is 7.11 Å². The largest absolute Gasteiger partial charge is 0.497 e. The Morgan fingerprint density at radius 1 is 0.827 bits per heavy atom. The number of fused-ring (bicyclic) bond motifs is 2. The van der Waals surface area contributed by atoms with Crippen LogP contribution >= 0.6 is 7.82 Å². The Kier molecular flexibility index (Phi) is 9.66. The number of benzene rings is 3. The van der Waals surface area contributed by atoms with E-state index in [-0.39, 0.29) is 5.04 Å². The molecule has 2 aliphatic rings. The van der Waals surface area contributed by atoms with Crippen LogP contribution in [0.4, 0.5) is 5.82 Å². The summed E-state index contributed by atoms with van der Waals surface area (Å²) in [4.78, 5) is 14.4. The third kappa shape index (κ3) is 6.38. The first-order valence-electron chi connectivity index (χ1n) is 17.4. The van der Waals surface area contributed by atoms with Crippen LogP contribution in [0.3, 0.4) is 0 Å². The van der Waals surface area contributed by atoms with Crippen LogP contribution in [0.15, 0.2) is 97.6 Å². The molecule has 14 heteroatoms. The van der Waals surface area contributed by atoms with Crippen LogP contribution in [0.2, 0.25) is 18.1 Å². The molecule has 7 rings (SSSR count). The number of imidazole rings is 1. The lowest BCUT2D eigenvalue weighted by Gasteiger charge is -2.42. The number of hydrogen-bond donors (Lipinski definition) is 1. The molecule has 0 bridgehead atoms. The second-order valence-corrected chi connectivity index (χ2v) is 21.2. The zero-order chi connectivity index (χ0) is 36.9. The van der Waals surface area contributed by atoms with Crippen molar-refractivity contribution < 1.29 is 32.0 Å². The van der Waals surface area contributed by atoms with Crippen molar-refractivity contribution in [1.29, 1.82) is 0 Å². The first-order valence-corrected chi connectivity index (χ1v) is 21.7. The summed E-state index contributed by atoms with van der Waals surface area (Å²) < 4.78 is 51.6. The zero-order valence-corrected chi connectivity index (χ0v) is 32.6. The number of methoxy groups -OCH3 is 1. The number of nitrogens with zero attached hydrogens (tertiary/aromatic N) is 4. The first-order chi connectivity index (χ1) is 24.8. The molecule has 0 saturated carbocycles. The minimum Gasteiger partial charge on any atom is -0.497 e. The van der Waals surface area contributed by atoms with Gasteiger partial charge in [-0.1, -0.05) is 93.6 Å². The van der Waals surface area contributed by atoms with Gasteiger partial charge in [0.15, 0.2) is 31.5 Å². The highest BCUT2D eigenvalue weighted by Gasteiger charge is 2.59. The number of phosphoric acid groups is 1. The van der Waals surface area contributed by atoms with E-state index in [9.17, 15) is 4.57 Å².